The maximum absolute atomic E-state index is 6.17. The van der Waals surface area contributed by atoms with Crippen molar-refractivity contribution in [2.24, 2.45) is 5.73 Å². The van der Waals surface area contributed by atoms with E-state index in [1.807, 2.05) is 43.4 Å². The number of pyridine rings is 1. The number of hydrogen-bond donors (Lipinski definition) is 2. The fraction of sp³-hybridized carbons (Fsp3) is 0.182. The zero-order valence-corrected chi connectivity index (χ0v) is 8.07. The normalized spacial score (nSPS) is 25.4. The quantitative estimate of drug-likeness (QED) is 0.695. The Labute approximate surface area is 83.3 Å². The van der Waals surface area contributed by atoms with Crippen LogP contribution >= 0.6 is 0 Å². The Morgan fingerprint density at radius 1 is 1.43 bits per heavy atom. The van der Waals surface area contributed by atoms with Gasteiger partial charge in [-0.1, -0.05) is 12.1 Å². The number of dihydropyridines is 1. The summed E-state index contributed by atoms with van der Waals surface area (Å²) in [6.07, 6.45) is 7.57. The number of nitrogens with one attached hydrogen (secondary N) is 1. The second-order valence-electron chi connectivity index (χ2n) is 3.42. The highest BCUT2D eigenvalue weighted by molar-refractivity contribution is 5.30. The van der Waals surface area contributed by atoms with Gasteiger partial charge in [-0.05, 0) is 31.2 Å². The van der Waals surface area contributed by atoms with E-state index in [0.29, 0.717) is 0 Å². The molecular formula is C11H13N3. The van der Waals surface area contributed by atoms with Gasteiger partial charge in [-0.3, -0.25) is 4.98 Å². The first-order valence-electron chi connectivity index (χ1n) is 4.55. The molecule has 0 saturated carbocycles. The van der Waals surface area contributed by atoms with Crippen LogP contribution in [0.2, 0.25) is 0 Å². The zero-order valence-electron chi connectivity index (χ0n) is 8.07. The molecule has 2 heterocycles. The second-order valence-corrected chi connectivity index (χ2v) is 3.42. The third kappa shape index (κ3) is 1.54. The van der Waals surface area contributed by atoms with E-state index in [1.165, 1.54) is 0 Å². The lowest BCUT2D eigenvalue weighted by Crippen LogP contribution is -2.49. The van der Waals surface area contributed by atoms with E-state index in [0.717, 1.165) is 11.4 Å². The standard InChI is InChI=1S/C11H13N3/c1-9-5-4-7-11(12,14-9)10-6-2-3-8-13-10/h2-8,14H,12H2,1H3. The van der Waals surface area contributed by atoms with Crippen molar-refractivity contribution in [3.05, 3.63) is 54.0 Å². The number of hydrogen-bond acceptors (Lipinski definition) is 3. The van der Waals surface area contributed by atoms with E-state index >= 15 is 0 Å². The van der Waals surface area contributed by atoms with E-state index in [-0.39, 0.29) is 0 Å². The van der Waals surface area contributed by atoms with Crippen molar-refractivity contribution in [2.75, 3.05) is 0 Å². The SMILES string of the molecule is CC1=CC=CC(N)(c2ccccn2)N1. The van der Waals surface area contributed by atoms with Crippen LogP contribution in [-0.2, 0) is 5.66 Å². The van der Waals surface area contributed by atoms with Crippen molar-refractivity contribution in [2.45, 2.75) is 12.6 Å². The molecule has 3 heteroatoms. The fourth-order valence-corrected chi connectivity index (χ4v) is 1.51. The number of allylic oxidation sites excluding steroid dienone is 3. The Bertz CT molecular complexity index is 381. The predicted octanol–water partition coefficient (Wildman–Crippen LogP) is 1.26. The molecule has 0 fully saturated rings. The lowest BCUT2D eigenvalue weighted by Gasteiger charge is -2.30. The summed E-state index contributed by atoms with van der Waals surface area (Å²) >= 11 is 0. The molecule has 0 amide bonds. The Balaban J connectivity index is 2.35. The summed E-state index contributed by atoms with van der Waals surface area (Å²) in [5, 5.41) is 3.20. The molecule has 0 bridgehead atoms. The Morgan fingerprint density at radius 3 is 2.93 bits per heavy atom. The Morgan fingerprint density at radius 2 is 2.29 bits per heavy atom. The van der Waals surface area contributed by atoms with E-state index in [1.54, 1.807) is 6.20 Å². The highest BCUT2D eigenvalue weighted by Crippen LogP contribution is 2.18. The molecule has 72 valence electrons. The van der Waals surface area contributed by atoms with Crippen molar-refractivity contribution >= 4 is 0 Å². The minimum absolute atomic E-state index is 0.667. The van der Waals surface area contributed by atoms with Gasteiger partial charge in [-0.25, -0.2) is 0 Å². The Kier molecular flexibility index (Phi) is 2.09. The van der Waals surface area contributed by atoms with Crippen LogP contribution in [0.3, 0.4) is 0 Å². The van der Waals surface area contributed by atoms with Crippen LogP contribution in [0.1, 0.15) is 12.6 Å². The highest BCUT2D eigenvalue weighted by Gasteiger charge is 2.26. The molecule has 1 aromatic rings. The molecule has 0 aliphatic carbocycles. The van der Waals surface area contributed by atoms with Gasteiger partial charge in [-0.15, -0.1) is 0 Å². The molecule has 3 N–H and O–H groups in total. The average Bonchev–Trinajstić information content (AvgIpc) is 2.19. The highest BCUT2D eigenvalue weighted by atomic mass is 15.1. The van der Waals surface area contributed by atoms with E-state index < -0.39 is 5.66 Å². The van der Waals surface area contributed by atoms with Gasteiger partial charge < -0.3 is 11.1 Å². The number of nitrogens with zero attached hydrogens (tertiary/aromatic N) is 1. The number of nitrogens with two attached hydrogens (primary N) is 1. The van der Waals surface area contributed by atoms with Gasteiger partial charge in [0.25, 0.3) is 0 Å². The van der Waals surface area contributed by atoms with Crippen LogP contribution in [0.15, 0.2) is 48.3 Å². The van der Waals surface area contributed by atoms with Gasteiger partial charge in [0.1, 0.15) is 5.66 Å². The van der Waals surface area contributed by atoms with Gasteiger partial charge in [0, 0.05) is 11.9 Å². The first-order valence-corrected chi connectivity index (χ1v) is 4.55. The third-order valence-electron chi connectivity index (χ3n) is 2.20. The summed E-state index contributed by atoms with van der Waals surface area (Å²) in [6, 6.07) is 5.72. The smallest absolute Gasteiger partial charge is 0.149 e. The molecule has 1 aliphatic rings. The monoisotopic (exact) mass is 187 g/mol. The van der Waals surface area contributed by atoms with Crippen molar-refractivity contribution in [3.8, 4) is 0 Å². The largest absolute Gasteiger partial charge is 0.363 e. The molecule has 14 heavy (non-hydrogen) atoms. The van der Waals surface area contributed by atoms with Crippen molar-refractivity contribution in [1.29, 1.82) is 0 Å². The molecule has 1 atom stereocenters. The predicted molar refractivity (Wildman–Crippen MR) is 56.1 cm³/mol. The molecule has 0 saturated heterocycles. The fourth-order valence-electron chi connectivity index (χ4n) is 1.51. The molecular weight excluding hydrogens is 174 g/mol. The number of rotatable bonds is 1. The maximum atomic E-state index is 6.17. The van der Waals surface area contributed by atoms with Crippen LogP contribution < -0.4 is 11.1 Å². The average molecular weight is 187 g/mol. The van der Waals surface area contributed by atoms with Crippen LogP contribution in [-0.4, -0.2) is 4.98 Å². The molecule has 1 unspecified atom stereocenters. The molecule has 3 nitrogen and oxygen atoms in total. The van der Waals surface area contributed by atoms with E-state index in [4.69, 9.17) is 5.73 Å². The lowest BCUT2D eigenvalue weighted by atomic mass is 10.0. The second kappa shape index (κ2) is 3.27. The topological polar surface area (TPSA) is 50.9 Å². The van der Waals surface area contributed by atoms with Crippen LogP contribution in [0.25, 0.3) is 0 Å². The zero-order chi connectivity index (χ0) is 10.0. The third-order valence-corrected chi connectivity index (χ3v) is 2.20. The van der Waals surface area contributed by atoms with Gasteiger partial charge in [-0.2, -0.15) is 0 Å². The molecule has 0 spiro atoms. The van der Waals surface area contributed by atoms with Gasteiger partial charge in [0.2, 0.25) is 0 Å². The molecule has 1 aliphatic heterocycles. The summed E-state index contributed by atoms with van der Waals surface area (Å²) in [6.45, 7) is 1.98. The van der Waals surface area contributed by atoms with Crippen molar-refractivity contribution in [1.82, 2.24) is 10.3 Å². The van der Waals surface area contributed by atoms with Crippen molar-refractivity contribution in [3.63, 3.8) is 0 Å². The summed E-state index contributed by atoms with van der Waals surface area (Å²) in [5.74, 6) is 0. The first kappa shape index (κ1) is 8.97. The molecule has 0 radical (unpaired) electrons. The van der Waals surface area contributed by atoms with Crippen molar-refractivity contribution < 1.29 is 0 Å². The molecule has 0 aromatic carbocycles. The van der Waals surface area contributed by atoms with Gasteiger partial charge in [0.15, 0.2) is 0 Å². The lowest BCUT2D eigenvalue weighted by molar-refractivity contribution is 0.461. The van der Waals surface area contributed by atoms with Crippen LogP contribution in [0.5, 0.6) is 0 Å². The maximum Gasteiger partial charge on any atom is 0.149 e. The van der Waals surface area contributed by atoms with Crippen LogP contribution in [0, 0.1) is 0 Å². The summed E-state index contributed by atoms with van der Waals surface area (Å²) in [7, 11) is 0. The first-order chi connectivity index (χ1) is 6.71. The molecule has 1 aromatic heterocycles. The van der Waals surface area contributed by atoms with Gasteiger partial charge >= 0.3 is 0 Å². The molecule has 2 rings (SSSR count). The summed E-state index contributed by atoms with van der Waals surface area (Å²) < 4.78 is 0. The number of aromatic nitrogens is 1. The minimum Gasteiger partial charge on any atom is -0.363 e. The Hall–Kier alpha value is -1.61. The minimum atomic E-state index is -0.667. The van der Waals surface area contributed by atoms with E-state index in [9.17, 15) is 0 Å². The summed E-state index contributed by atoms with van der Waals surface area (Å²) in [4.78, 5) is 4.24. The van der Waals surface area contributed by atoms with Crippen LogP contribution in [0.4, 0.5) is 0 Å². The summed E-state index contributed by atoms with van der Waals surface area (Å²) in [5.41, 5.74) is 7.37. The van der Waals surface area contributed by atoms with E-state index in [2.05, 4.69) is 10.3 Å². The van der Waals surface area contributed by atoms with Gasteiger partial charge in [0.05, 0.1) is 5.69 Å².